The summed E-state index contributed by atoms with van der Waals surface area (Å²) < 4.78 is 0. The summed E-state index contributed by atoms with van der Waals surface area (Å²) in [4.78, 5) is 39.3. The lowest BCUT2D eigenvalue weighted by atomic mass is 10.2. The fourth-order valence-corrected chi connectivity index (χ4v) is 2.24. The second-order valence-electron chi connectivity index (χ2n) is 4.14. The number of nitrogens with one attached hydrogen (secondary N) is 2. The second kappa shape index (κ2) is 7.30. The maximum atomic E-state index is 11.7. The van der Waals surface area contributed by atoms with Crippen molar-refractivity contribution in [2.45, 2.75) is 12.8 Å². The first-order valence-corrected chi connectivity index (χ1v) is 7.10. The van der Waals surface area contributed by atoms with Gasteiger partial charge in [0, 0.05) is 25.2 Å². The van der Waals surface area contributed by atoms with Gasteiger partial charge < -0.3 is 0 Å². The first-order chi connectivity index (χ1) is 10.2. The third-order valence-electron chi connectivity index (χ3n) is 2.61. The Labute approximate surface area is 125 Å². The Kier molecular flexibility index (Phi) is 5.16. The van der Waals surface area contributed by atoms with Gasteiger partial charge in [0.15, 0.2) is 5.78 Å². The number of carbonyl (C=O) groups excluding carboxylic acids is 3. The van der Waals surface area contributed by atoms with Crippen LogP contribution in [0.5, 0.6) is 0 Å². The highest BCUT2D eigenvalue weighted by Gasteiger charge is 2.11. The summed E-state index contributed by atoms with van der Waals surface area (Å²) in [5, 5.41) is 1.81. The van der Waals surface area contributed by atoms with Crippen molar-refractivity contribution in [3.8, 4) is 0 Å². The number of hydrogen-bond acceptors (Lipinski definition) is 5. The molecule has 0 aromatic carbocycles. The van der Waals surface area contributed by atoms with Crippen LogP contribution >= 0.6 is 11.3 Å². The molecule has 108 valence electrons. The monoisotopic (exact) mass is 303 g/mol. The Morgan fingerprint density at radius 2 is 1.95 bits per heavy atom. The highest BCUT2D eigenvalue weighted by atomic mass is 32.1. The van der Waals surface area contributed by atoms with Gasteiger partial charge in [-0.2, -0.15) is 0 Å². The molecule has 0 spiro atoms. The number of thiophene rings is 1. The van der Waals surface area contributed by atoms with Crippen LogP contribution in [0.3, 0.4) is 0 Å². The molecule has 0 saturated carbocycles. The number of ketones is 1. The predicted octanol–water partition coefficient (Wildman–Crippen LogP) is 1.57. The van der Waals surface area contributed by atoms with Crippen LogP contribution in [0.4, 0.5) is 0 Å². The molecule has 0 aliphatic carbocycles. The SMILES string of the molecule is O=C(CCC(=O)c1cccs1)NNC(=O)c1cccnc1. The standard InChI is InChI=1S/C14H13N3O3S/c18-11(12-4-2-8-21-12)5-6-13(19)16-17-14(20)10-3-1-7-15-9-10/h1-4,7-9H,5-6H2,(H,16,19)(H,17,20). The van der Waals surface area contributed by atoms with Crippen LogP contribution in [0.2, 0.25) is 0 Å². The number of carbonyl (C=O) groups is 3. The molecule has 0 unspecified atom stereocenters. The zero-order chi connectivity index (χ0) is 15.1. The lowest BCUT2D eigenvalue weighted by Gasteiger charge is -2.06. The molecule has 0 bridgehead atoms. The largest absolute Gasteiger partial charge is 0.293 e. The number of hydrogen-bond donors (Lipinski definition) is 2. The van der Waals surface area contributed by atoms with Crippen LogP contribution in [0.1, 0.15) is 32.9 Å². The Morgan fingerprint density at radius 3 is 2.62 bits per heavy atom. The van der Waals surface area contributed by atoms with Crippen molar-refractivity contribution in [2.75, 3.05) is 0 Å². The van der Waals surface area contributed by atoms with E-state index in [0.717, 1.165) is 0 Å². The summed E-state index contributed by atoms with van der Waals surface area (Å²) in [5.74, 6) is -0.961. The Bertz CT molecular complexity index is 626. The molecule has 2 N–H and O–H groups in total. The molecule has 2 aromatic heterocycles. The Balaban J connectivity index is 1.73. The predicted molar refractivity (Wildman–Crippen MR) is 77.7 cm³/mol. The van der Waals surface area contributed by atoms with Gasteiger partial charge in [0.25, 0.3) is 5.91 Å². The molecular weight excluding hydrogens is 290 g/mol. The molecule has 0 saturated heterocycles. The van der Waals surface area contributed by atoms with Gasteiger partial charge in [0.2, 0.25) is 5.91 Å². The Hall–Kier alpha value is -2.54. The van der Waals surface area contributed by atoms with Gasteiger partial charge in [-0.05, 0) is 23.6 Å². The lowest BCUT2D eigenvalue weighted by molar-refractivity contribution is -0.121. The van der Waals surface area contributed by atoms with E-state index < -0.39 is 11.8 Å². The number of nitrogens with zero attached hydrogens (tertiary/aromatic N) is 1. The molecule has 0 radical (unpaired) electrons. The van der Waals surface area contributed by atoms with E-state index in [1.165, 1.54) is 17.5 Å². The molecule has 0 atom stereocenters. The van der Waals surface area contributed by atoms with Crippen LogP contribution in [0.15, 0.2) is 42.0 Å². The first kappa shape index (κ1) is 14.9. The molecule has 0 aliphatic rings. The molecule has 7 heteroatoms. The molecule has 0 fully saturated rings. The van der Waals surface area contributed by atoms with E-state index in [2.05, 4.69) is 15.8 Å². The molecule has 2 rings (SSSR count). The summed E-state index contributed by atoms with van der Waals surface area (Å²) in [7, 11) is 0. The van der Waals surface area contributed by atoms with Crippen molar-refractivity contribution in [2.24, 2.45) is 0 Å². The number of rotatable bonds is 5. The van der Waals surface area contributed by atoms with Crippen molar-refractivity contribution in [1.29, 1.82) is 0 Å². The zero-order valence-electron chi connectivity index (χ0n) is 11.0. The Morgan fingerprint density at radius 1 is 1.10 bits per heavy atom. The van der Waals surface area contributed by atoms with Gasteiger partial charge in [0.05, 0.1) is 10.4 Å². The molecule has 2 aromatic rings. The molecule has 2 amide bonds. The quantitative estimate of drug-likeness (QED) is 0.648. The van der Waals surface area contributed by atoms with Gasteiger partial charge in [-0.15, -0.1) is 11.3 Å². The molecule has 6 nitrogen and oxygen atoms in total. The maximum absolute atomic E-state index is 11.7. The van der Waals surface area contributed by atoms with Gasteiger partial charge in [-0.25, -0.2) is 0 Å². The van der Waals surface area contributed by atoms with Crippen molar-refractivity contribution >= 4 is 28.9 Å². The number of Topliss-reactive ketones (excluding diaryl/α,β-unsaturated/α-hetero) is 1. The van der Waals surface area contributed by atoms with E-state index in [1.807, 2.05) is 0 Å². The normalized spacial score (nSPS) is 9.90. The third-order valence-corrected chi connectivity index (χ3v) is 3.53. The second-order valence-corrected chi connectivity index (χ2v) is 5.09. The van der Waals surface area contributed by atoms with Crippen LogP contribution < -0.4 is 10.9 Å². The fourth-order valence-electron chi connectivity index (χ4n) is 1.55. The van der Waals surface area contributed by atoms with E-state index in [9.17, 15) is 14.4 Å². The highest BCUT2D eigenvalue weighted by Crippen LogP contribution is 2.12. The minimum absolute atomic E-state index is 0.0179. The number of hydrazine groups is 1. The summed E-state index contributed by atoms with van der Waals surface area (Å²) in [5.41, 5.74) is 4.88. The molecule has 21 heavy (non-hydrogen) atoms. The van der Waals surface area contributed by atoms with E-state index in [4.69, 9.17) is 0 Å². The summed E-state index contributed by atoms with van der Waals surface area (Å²) in [6.07, 6.45) is 3.06. The highest BCUT2D eigenvalue weighted by molar-refractivity contribution is 7.12. The van der Waals surface area contributed by atoms with E-state index in [0.29, 0.717) is 10.4 Å². The summed E-state index contributed by atoms with van der Waals surface area (Å²) in [6.45, 7) is 0. The van der Waals surface area contributed by atoms with Crippen LogP contribution in [-0.2, 0) is 4.79 Å². The average Bonchev–Trinajstić information content (AvgIpc) is 3.05. The average molecular weight is 303 g/mol. The van der Waals surface area contributed by atoms with Crippen LogP contribution in [-0.4, -0.2) is 22.6 Å². The summed E-state index contributed by atoms with van der Waals surface area (Å²) >= 11 is 1.34. The minimum atomic E-state index is -0.457. The zero-order valence-corrected chi connectivity index (χ0v) is 11.9. The topological polar surface area (TPSA) is 88.2 Å². The van der Waals surface area contributed by atoms with Crippen molar-refractivity contribution in [1.82, 2.24) is 15.8 Å². The van der Waals surface area contributed by atoms with E-state index >= 15 is 0 Å². The van der Waals surface area contributed by atoms with Crippen LogP contribution in [0, 0.1) is 0 Å². The van der Waals surface area contributed by atoms with Gasteiger partial charge >= 0.3 is 0 Å². The summed E-state index contributed by atoms with van der Waals surface area (Å²) in [6, 6.07) is 6.70. The van der Waals surface area contributed by atoms with Crippen molar-refractivity contribution in [3.05, 3.63) is 52.5 Å². The van der Waals surface area contributed by atoms with E-state index in [-0.39, 0.29) is 18.6 Å². The third kappa shape index (κ3) is 4.50. The van der Waals surface area contributed by atoms with Crippen molar-refractivity contribution in [3.63, 3.8) is 0 Å². The number of aromatic nitrogens is 1. The molecular formula is C14H13N3O3S. The fraction of sp³-hybridized carbons (Fsp3) is 0.143. The lowest BCUT2D eigenvalue weighted by Crippen LogP contribution is -2.41. The first-order valence-electron chi connectivity index (χ1n) is 6.23. The van der Waals surface area contributed by atoms with Crippen molar-refractivity contribution < 1.29 is 14.4 Å². The van der Waals surface area contributed by atoms with E-state index in [1.54, 1.807) is 35.8 Å². The molecule has 2 heterocycles. The maximum Gasteiger partial charge on any atom is 0.271 e. The van der Waals surface area contributed by atoms with Gasteiger partial charge in [0.1, 0.15) is 0 Å². The smallest absolute Gasteiger partial charge is 0.271 e. The minimum Gasteiger partial charge on any atom is -0.293 e. The van der Waals surface area contributed by atoms with Gasteiger partial charge in [-0.3, -0.25) is 30.2 Å². The van der Waals surface area contributed by atoms with Crippen LogP contribution in [0.25, 0.3) is 0 Å². The number of amides is 2. The number of pyridine rings is 1. The van der Waals surface area contributed by atoms with Gasteiger partial charge in [-0.1, -0.05) is 6.07 Å². The molecule has 0 aliphatic heterocycles.